The summed E-state index contributed by atoms with van der Waals surface area (Å²) >= 11 is 6.39. The number of nitrogens with one attached hydrogen (secondary N) is 2. The van der Waals surface area contributed by atoms with E-state index in [0.717, 1.165) is 34.8 Å². The Balaban J connectivity index is 2.27. The zero-order chi connectivity index (χ0) is 12.7. The Hall–Kier alpha value is -1.19. The lowest BCUT2D eigenvalue weighted by molar-refractivity contribution is 0.419. The van der Waals surface area contributed by atoms with Crippen LogP contribution >= 0.6 is 11.6 Å². The summed E-state index contributed by atoms with van der Waals surface area (Å²) in [6.07, 6.45) is 1.17. The van der Waals surface area contributed by atoms with Gasteiger partial charge in [0.2, 0.25) is 0 Å². The van der Waals surface area contributed by atoms with Crippen molar-refractivity contribution in [2.45, 2.75) is 19.3 Å². The normalized spacial score (nSPS) is 19.6. The van der Waals surface area contributed by atoms with E-state index in [4.69, 9.17) is 16.3 Å². The molecule has 0 amide bonds. The number of benzene rings is 1. The highest BCUT2D eigenvalue weighted by Crippen LogP contribution is 2.39. The van der Waals surface area contributed by atoms with Crippen LogP contribution in [-0.2, 0) is 0 Å². The molecule has 3 nitrogen and oxygen atoms in total. The molecule has 0 spiro atoms. The topological polar surface area (TPSA) is 37.0 Å². The second kappa shape index (κ2) is 4.48. The Morgan fingerprint density at radius 3 is 2.89 bits per heavy atom. The molecule has 1 fully saturated rings. The fraction of sp³-hybridized carbons (Fsp3) is 0.429. The van der Waals surface area contributed by atoms with Crippen molar-refractivity contribution >= 4 is 22.5 Å². The molecule has 0 saturated carbocycles. The zero-order valence-electron chi connectivity index (χ0n) is 10.6. The summed E-state index contributed by atoms with van der Waals surface area (Å²) in [5, 5.41) is 5.34. The fourth-order valence-corrected chi connectivity index (χ4v) is 3.23. The van der Waals surface area contributed by atoms with Crippen molar-refractivity contribution in [3.8, 4) is 5.75 Å². The monoisotopic (exact) mass is 264 g/mol. The van der Waals surface area contributed by atoms with Crippen molar-refractivity contribution in [1.82, 2.24) is 10.3 Å². The van der Waals surface area contributed by atoms with Crippen molar-refractivity contribution in [2.24, 2.45) is 0 Å². The van der Waals surface area contributed by atoms with Crippen LogP contribution in [0.15, 0.2) is 12.1 Å². The molecule has 2 heterocycles. The number of fused-ring (bicyclic) bond motifs is 1. The molecule has 1 aromatic carbocycles. The van der Waals surface area contributed by atoms with E-state index in [1.54, 1.807) is 7.11 Å². The predicted molar refractivity (Wildman–Crippen MR) is 74.8 cm³/mol. The summed E-state index contributed by atoms with van der Waals surface area (Å²) in [6.45, 7) is 4.23. The number of ether oxygens (including phenoxy) is 1. The van der Waals surface area contributed by atoms with Crippen LogP contribution in [0.5, 0.6) is 5.75 Å². The molecule has 1 aliphatic rings. The Morgan fingerprint density at radius 1 is 1.39 bits per heavy atom. The van der Waals surface area contributed by atoms with Gasteiger partial charge in [0.1, 0.15) is 5.75 Å². The predicted octanol–water partition coefficient (Wildman–Crippen LogP) is 3.22. The van der Waals surface area contributed by atoms with Crippen molar-refractivity contribution in [3.05, 3.63) is 28.4 Å². The molecule has 1 aromatic heterocycles. The summed E-state index contributed by atoms with van der Waals surface area (Å²) in [5.74, 6) is 1.40. The van der Waals surface area contributed by atoms with Gasteiger partial charge in [-0.05, 0) is 43.5 Å². The third-order valence-electron chi connectivity index (χ3n) is 3.79. The van der Waals surface area contributed by atoms with E-state index in [1.165, 1.54) is 17.7 Å². The number of methoxy groups -OCH3 is 1. The minimum atomic E-state index is 0.545. The number of rotatable bonds is 2. The summed E-state index contributed by atoms with van der Waals surface area (Å²) in [6, 6.07) is 3.83. The standard InChI is InChI=1S/C14H17ClN2O/c1-8-12(9-5-6-16-7-9)13-10(15)3-4-11(18-2)14(13)17-8/h3-4,9,16-17H,5-7H2,1-2H3. The van der Waals surface area contributed by atoms with Gasteiger partial charge < -0.3 is 15.0 Å². The van der Waals surface area contributed by atoms with Gasteiger partial charge in [-0.3, -0.25) is 0 Å². The van der Waals surface area contributed by atoms with Crippen LogP contribution in [0.25, 0.3) is 10.9 Å². The first-order valence-corrected chi connectivity index (χ1v) is 6.65. The van der Waals surface area contributed by atoms with Gasteiger partial charge in [0, 0.05) is 17.6 Å². The molecule has 1 aliphatic heterocycles. The van der Waals surface area contributed by atoms with Gasteiger partial charge in [-0.15, -0.1) is 0 Å². The number of aromatic amines is 1. The third-order valence-corrected chi connectivity index (χ3v) is 4.11. The molecular formula is C14H17ClN2O. The number of H-pyrrole nitrogens is 1. The van der Waals surface area contributed by atoms with Crippen molar-refractivity contribution in [2.75, 3.05) is 20.2 Å². The number of hydrogen-bond acceptors (Lipinski definition) is 2. The maximum absolute atomic E-state index is 6.39. The van der Waals surface area contributed by atoms with Crippen LogP contribution in [0.1, 0.15) is 23.6 Å². The van der Waals surface area contributed by atoms with E-state index in [-0.39, 0.29) is 0 Å². The number of aryl methyl sites for hydroxylation is 1. The Kier molecular flexibility index (Phi) is 2.96. The van der Waals surface area contributed by atoms with Gasteiger partial charge in [-0.2, -0.15) is 0 Å². The van der Waals surface area contributed by atoms with Crippen molar-refractivity contribution < 1.29 is 4.74 Å². The average Bonchev–Trinajstić information content (AvgIpc) is 2.96. The SMILES string of the molecule is COc1ccc(Cl)c2c(C3CCNC3)c(C)[nH]c12. The smallest absolute Gasteiger partial charge is 0.143 e. The molecule has 1 atom stereocenters. The average molecular weight is 265 g/mol. The van der Waals surface area contributed by atoms with Crippen LogP contribution in [0.2, 0.25) is 5.02 Å². The Bertz CT molecular complexity index is 585. The molecule has 1 unspecified atom stereocenters. The van der Waals surface area contributed by atoms with Gasteiger partial charge in [0.25, 0.3) is 0 Å². The van der Waals surface area contributed by atoms with Gasteiger partial charge in [0.05, 0.1) is 17.6 Å². The molecular weight excluding hydrogens is 248 g/mol. The van der Waals surface area contributed by atoms with Crippen molar-refractivity contribution in [1.29, 1.82) is 0 Å². The first kappa shape index (κ1) is 11.9. The highest BCUT2D eigenvalue weighted by atomic mass is 35.5. The molecule has 3 rings (SSSR count). The lowest BCUT2D eigenvalue weighted by Gasteiger charge is -2.10. The lowest BCUT2D eigenvalue weighted by atomic mass is 9.95. The summed E-state index contributed by atoms with van der Waals surface area (Å²) in [5.41, 5.74) is 3.56. The third kappa shape index (κ3) is 1.70. The van der Waals surface area contributed by atoms with Crippen LogP contribution in [0, 0.1) is 6.92 Å². The molecule has 18 heavy (non-hydrogen) atoms. The minimum Gasteiger partial charge on any atom is -0.495 e. The van der Waals surface area contributed by atoms with E-state index < -0.39 is 0 Å². The summed E-state index contributed by atoms with van der Waals surface area (Å²) in [7, 11) is 1.69. The van der Waals surface area contributed by atoms with Crippen LogP contribution in [-0.4, -0.2) is 25.2 Å². The maximum Gasteiger partial charge on any atom is 0.143 e. The fourth-order valence-electron chi connectivity index (χ4n) is 2.97. The van der Waals surface area contributed by atoms with Crippen LogP contribution in [0.3, 0.4) is 0 Å². The second-order valence-electron chi connectivity index (χ2n) is 4.85. The van der Waals surface area contributed by atoms with Crippen LogP contribution < -0.4 is 10.1 Å². The van der Waals surface area contributed by atoms with Gasteiger partial charge in [-0.1, -0.05) is 11.6 Å². The van der Waals surface area contributed by atoms with Gasteiger partial charge in [0.15, 0.2) is 0 Å². The highest BCUT2D eigenvalue weighted by molar-refractivity contribution is 6.36. The maximum atomic E-state index is 6.39. The van der Waals surface area contributed by atoms with E-state index in [9.17, 15) is 0 Å². The molecule has 2 aromatic rings. The van der Waals surface area contributed by atoms with E-state index in [2.05, 4.69) is 17.2 Å². The minimum absolute atomic E-state index is 0.545. The van der Waals surface area contributed by atoms with E-state index >= 15 is 0 Å². The molecule has 96 valence electrons. The second-order valence-corrected chi connectivity index (χ2v) is 5.26. The van der Waals surface area contributed by atoms with E-state index in [1.807, 2.05) is 12.1 Å². The first-order chi connectivity index (χ1) is 8.72. The molecule has 0 radical (unpaired) electrons. The molecule has 1 saturated heterocycles. The first-order valence-electron chi connectivity index (χ1n) is 6.27. The van der Waals surface area contributed by atoms with E-state index in [0.29, 0.717) is 5.92 Å². The zero-order valence-corrected chi connectivity index (χ0v) is 11.4. The molecule has 2 N–H and O–H groups in total. The summed E-state index contributed by atoms with van der Waals surface area (Å²) < 4.78 is 5.41. The molecule has 0 bridgehead atoms. The lowest BCUT2D eigenvalue weighted by Crippen LogP contribution is -2.08. The van der Waals surface area contributed by atoms with Gasteiger partial charge in [-0.25, -0.2) is 0 Å². The highest BCUT2D eigenvalue weighted by Gasteiger charge is 2.24. The molecule has 4 heteroatoms. The number of aromatic nitrogens is 1. The van der Waals surface area contributed by atoms with Crippen molar-refractivity contribution in [3.63, 3.8) is 0 Å². The summed E-state index contributed by atoms with van der Waals surface area (Å²) in [4.78, 5) is 3.43. The number of hydrogen-bond donors (Lipinski definition) is 2. The van der Waals surface area contributed by atoms with Crippen LogP contribution in [0.4, 0.5) is 0 Å². The quantitative estimate of drug-likeness (QED) is 0.874. The largest absolute Gasteiger partial charge is 0.495 e. The number of halogens is 1. The molecule has 0 aliphatic carbocycles. The Labute approximate surface area is 111 Å². The van der Waals surface area contributed by atoms with Gasteiger partial charge >= 0.3 is 0 Å². The Morgan fingerprint density at radius 2 is 2.22 bits per heavy atom.